The second kappa shape index (κ2) is 67.6. The molecule has 0 saturated carbocycles. The number of hydrogen-bond acceptors (Lipinski definition) is 2. The highest BCUT2D eigenvalue weighted by molar-refractivity contribution is 8.05. The molecule has 0 saturated heterocycles. The molecular formula is CH8ClNS. The van der Waals surface area contributed by atoms with Crippen LogP contribution in [0.2, 0.25) is 0 Å². The van der Waals surface area contributed by atoms with E-state index in [1.54, 1.807) is 0 Å². The molecule has 0 amide bonds. The molecule has 0 fully saturated rings. The average molecular weight is 102 g/mol. The van der Waals surface area contributed by atoms with E-state index >= 15 is 0 Å². The monoisotopic (exact) mass is 101 g/mol. The van der Waals surface area contributed by atoms with Crippen molar-refractivity contribution in [2.45, 2.75) is 7.43 Å². The van der Waals surface area contributed by atoms with E-state index in [9.17, 15) is 0 Å². The molecule has 3 heteroatoms. The van der Waals surface area contributed by atoms with Crippen LogP contribution in [0.25, 0.3) is 0 Å². The molecule has 0 unspecified atom stereocenters. The Labute approximate surface area is 36.8 Å². The largest absolute Gasteiger partial charge is 0.344 e. The first-order valence-corrected chi connectivity index (χ1v) is 1.52. The Morgan fingerprint density at radius 1 is 1.25 bits per heavy atom. The van der Waals surface area contributed by atoms with Crippen molar-refractivity contribution in [2.75, 3.05) is 0 Å². The number of halogens is 1. The van der Waals surface area contributed by atoms with Gasteiger partial charge in [0.2, 0.25) is 0 Å². The van der Waals surface area contributed by atoms with E-state index in [2.05, 4.69) is 22.5 Å². The van der Waals surface area contributed by atoms with E-state index in [0.717, 1.165) is 0 Å². The molecule has 0 aliphatic heterocycles. The van der Waals surface area contributed by atoms with Gasteiger partial charge in [-0.25, -0.2) is 0 Å². The van der Waals surface area contributed by atoms with Crippen LogP contribution in [-0.4, -0.2) is 0 Å². The average Bonchev–Trinajstić information content (AvgIpc) is 1.00. The van der Waals surface area contributed by atoms with Crippen molar-refractivity contribution < 1.29 is 0 Å². The van der Waals surface area contributed by atoms with Gasteiger partial charge in [-0.1, -0.05) is 19.3 Å². The third-order valence-corrected chi connectivity index (χ3v) is 0. The molecule has 0 bridgehead atoms. The number of thiol groups is 1. The van der Waals surface area contributed by atoms with Gasteiger partial charge in [-0.2, -0.15) is 0 Å². The van der Waals surface area contributed by atoms with Crippen molar-refractivity contribution in [1.29, 1.82) is 0 Å². The van der Waals surface area contributed by atoms with Crippen LogP contribution in [0, 0.1) is 0 Å². The quantitative estimate of drug-likeness (QED) is 0.449. The third-order valence-electron chi connectivity index (χ3n) is 0. The Morgan fingerprint density at radius 3 is 1.25 bits per heavy atom. The molecular weight excluding hydrogens is 93.5 g/mol. The van der Waals surface area contributed by atoms with Crippen LogP contribution in [0.1, 0.15) is 7.43 Å². The van der Waals surface area contributed by atoms with Crippen molar-refractivity contribution in [2.24, 2.45) is 0 Å². The van der Waals surface area contributed by atoms with Gasteiger partial charge < -0.3 is 6.15 Å². The molecule has 0 aliphatic rings. The molecule has 0 rings (SSSR count). The lowest BCUT2D eigenvalue weighted by Gasteiger charge is -1.06. The summed E-state index contributed by atoms with van der Waals surface area (Å²) >= 11 is 3.00. The predicted octanol–water partition coefficient (Wildman–Crippen LogP) is 1.87. The molecule has 0 aromatic carbocycles. The Balaban J connectivity index is -0.00000000500. The first-order chi connectivity index (χ1) is 1.00. The lowest BCUT2D eigenvalue weighted by molar-refractivity contribution is 2.13. The van der Waals surface area contributed by atoms with Gasteiger partial charge in [0.15, 0.2) is 0 Å². The summed E-state index contributed by atoms with van der Waals surface area (Å²) in [6.45, 7) is 0. The summed E-state index contributed by atoms with van der Waals surface area (Å²) in [5.74, 6) is 0. The molecule has 0 atom stereocenters. The van der Waals surface area contributed by atoms with Gasteiger partial charge in [-0.3, -0.25) is 0 Å². The maximum atomic E-state index is 4.33. The Hall–Kier alpha value is 0.600. The van der Waals surface area contributed by atoms with Gasteiger partial charge in [-0.15, -0.1) is 0 Å². The zero-order chi connectivity index (χ0) is 2.00. The minimum Gasteiger partial charge on any atom is -0.344 e. The fraction of sp³-hybridized carbons (Fsp3) is 1.00. The first-order valence-electron chi connectivity index (χ1n) is 0.169. The van der Waals surface area contributed by atoms with E-state index in [1.807, 2.05) is 0 Å². The van der Waals surface area contributed by atoms with Crippen LogP contribution in [-0.2, 0) is 0 Å². The van der Waals surface area contributed by atoms with Crippen LogP contribution < -0.4 is 6.15 Å². The van der Waals surface area contributed by atoms with Gasteiger partial charge in [0.25, 0.3) is 0 Å². The maximum absolute atomic E-state index is 4.33. The highest BCUT2D eigenvalue weighted by atomic mass is 35.7. The van der Waals surface area contributed by atoms with E-state index in [-0.39, 0.29) is 13.6 Å². The molecule has 0 heterocycles. The summed E-state index contributed by atoms with van der Waals surface area (Å²) in [6.07, 6.45) is 0. The summed E-state index contributed by atoms with van der Waals surface area (Å²) in [7, 11) is 4.33. The van der Waals surface area contributed by atoms with Gasteiger partial charge >= 0.3 is 0 Å². The van der Waals surface area contributed by atoms with Crippen molar-refractivity contribution >= 4 is 22.5 Å². The lowest BCUT2D eigenvalue weighted by atomic mass is 12.0. The van der Waals surface area contributed by atoms with E-state index in [0.29, 0.717) is 0 Å². The van der Waals surface area contributed by atoms with Crippen LogP contribution in [0.3, 0.4) is 0 Å². The van der Waals surface area contributed by atoms with Gasteiger partial charge in [-0.05, 0) is 10.7 Å². The summed E-state index contributed by atoms with van der Waals surface area (Å²) in [4.78, 5) is 0. The van der Waals surface area contributed by atoms with Crippen molar-refractivity contribution in [3.05, 3.63) is 0 Å². The molecule has 0 aliphatic carbocycles. The van der Waals surface area contributed by atoms with Gasteiger partial charge in [0.05, 0.1) is 0 Å². The zero-order valence-corrected chi connectivity index (χ0v) is 3.18. The van der Waals surface area contributed by atoms with Crippen molar-refractivity contribution in [3.63, 3.8) is 0 Å². The SMILES string of the molecule is C.N.SCl. The fourth-order valence-corrected chi connectivity index (χ4v) is 0. The Bertz CT molecular complexity index is 8.00. The smallest absolute Gasteiger partial charge is 0.0479 e. The van der Waals surface area contributed by atoms with E-state index < -0.39 is 0 Å². The molecule has 3 N–H and O–H groups in total. The molecule has 4 heavy (non-hydrogen) atoms. The predicted molar refractivity (Wildman–Crippen MR) is 26.6 cm³/mol. The highest BCUT2D eigenvalue weighted by Gasteiger charge is 0.940. The lowest BCUT2D eigenvalue weighted by Crippen LogP contribution is -0.481. The van der Waals surface area contributed by atoms with E-state index in [4.69, 9.17) is 0 Å². The Morgan fingerprint density at radius 2 is 1.25 bits per heavy atom. The topological polar surface area (TPSA) is 35.0 Å². The second-order valence-corrected chi connectivity index (χ2v) is 0. The minimum absolute atomic E-state index is 0. The minimum atomic E-state index is 0. The normalized spacial score (nSPS) is 1.50. The first kappa shape index (κ1) is 23.3. The van der Waals surface area contributed by atoms with Crippen molar-refractivity contribution in [3.8, 4) is 0 Å². The summed E-state index contributed by atoms with van der Waals surface area (Å²) < 4.78 is 0. The summed E-state index contributed by atoms with van der Waals surface area (Å²) in [5.41, 5.74) is 0. The molecule has 0 radical (unpaired) electrons. The molecule has 0 aromatic heterocycles. The van der Waals surface area contributed by atoms with Crippen LogP contribution in [0.15, 0.2) is 0 Å². The van der Waals surface area contributed by atoms with Gasteiger partial charge in [0, 0.05) is 0 Å². The fourth-order valence-electron chi connectivity index (χ4n) is 0. The molecule has 0 spiro atoms. The number of rotatable bonds is 0. The third kappa shape index (κ3) is 18.5. The Kier molecular flexibility index (Phi) is 394. The van der Waals surface area contributed by atoms with Gasteiger partial charge in [0.1, 0.15) is 0 Å². The number of hydrogen-bond donors (Lipinski definition) is 2. The second-order valence-electron chi connectivity index (χ2n) is 0. The molecule has 30 valence electrons. The standard InChI is InChI=1S/CH4.ClHS.H3N/c;1-2;/h1H4;2H;1H3. The van der Waals surface area contributed by atoms with Crippen LogP contribution >= 0.6 is 22.5 Å². The maximum Gasteiger partial charge on any atom is -0.0479 e. The highest BCUT2D eigenvalue weighted by Crippen LogP contribution is 1.67. The summed E-state index contributed by atoms with van der Waals surface area (Å²) in [5, 5.41) is 0. The van der Waals surface area contributed by atoms with Crippen LogP contribution in [0.5, 0.6) is 0 Å². The molecule has 0 aromatic rings. The van der Waals surface area contributed by atoms with E-state index in [1.165, 1.54) is 0 Å². The zero-order valence-electron chi connectivity index (χ0n) is 1.53. The van der Waals surface area contributed by atoms with Crippen LogP contribution in [0.4, 0.5) is 0 Å². The van der Waals surface area contributed by atoms with Crippen molar-refractivity contribution in [1.82, 2.24) is 6.15 Å². The molecule has 1 nitrogen and oxygen atoms in total. The summed E-state index contributed by atoms with van der Waals surface area (Å²) in [6, 6.07) is 0.